The molecule has 0 atom stereocenters. The molecule has 0 spiro atoms. The fourth-order valence-corrected chi connectivity index (χ4v) is 1.82. The molecule has 0 amide bonds. The Morgan fingerprint density at radius 1 is 1.44 bits per heavy atom. The largest absolute Gasteiger partial charge is 0.474 e. The molecule has 16 heavy (non-hydrogen) atoms. The van der Waals surface area contributed by atoms with Crippen LogP contribution < -0.4 is 4.74 Å². The molecular weight excluding hydrogens is 202 g/mol. The van der Waals surface area contributed by atoms with Gasteiger partial charge in [-0.25, -0.2) is 4.98 Å². The van der Waals surface area contributed by atoms with Crippen molar-refractivity contribution in [2.45, 2.75) is 18.9 Å². The van der Waals surface area contributed by atoms with Crippen molar-refractivity contribution in [2.75, 3.05) is 20.1 Å². The molecule has 0 bridgehead atoms. The van der Waals surface area contributed by atoms with Crippen LogP contribution in [-0.4, -0.2) is 36.1 Å². The Bertz CT molecular complexity index is 391. The van der Waals surface area contributed by atoms with E-state index in [1.54, 1.807) is 18.2 Å². The van der Waals surface area contributed by atoms with E-state index in [4.69, 9.17) is 10.00 Å². The SMILES string of the molecule is CN1CCC(Oc2cccc(C#N)n2)CC1. The second-order valence-electron chi connectivity index (χ2n) is 4.09. The van der Waals surface area contributed by atoms with Gasteiger partial charge in [0.25, 0.3) is 0 Å². The summed E-state index contributed by atoms with van der Waals surface area (Å²) in [6.45, 7) is 2.12. The Balaban J connectivity index is 1.96. The lowest BCUT2D eigenvalue weighted by Crippen LogP contribution is -2.35. The van der Waals surface area contributed by atoms with Gasteiger partial charge in [-0.05, 0) is 26.0 Å². The van der Waals surface area contributed by atoms with Gasteiger partial charge in [0.2, 0.25) is 5.88 Å². The van der Waals surface area contributed by atoms with Crippen molar-refractivity contribution in [3.05, 3.63) is 23.9 Å². The Kier molecular flexibility index (Phi) is 3.37. The zero-order chi connectivity index (χ0) is 11.4. The van der Waals surface area contributed by atoms with Gasteiger partial charge < -0.3 is 9.64 Å². The smallest absolute Gasteiger partial charge is 0.214 e. The Labute approximate surface area is 95.5 Å². The van der Waals surface area contributed by atoms with Gasteiger partial charge in [0.05, 0.1) is 0 Å². The molecule has 84 valence electrons. The van der Waals surface area contributed by atoms with Crippen LogP contribution in [0.4, 0.5) is 0 Å². The number of hydrogen-bond acceptors (Lipinski definition) is 4. The first-order valence-electron chi connectivity index (χ1n) is 5.50. The Morgan fingerprint density at radius 3 is 2.88 bits per heavy atom. The molecule has 0 unspecified atom stereocenters. The summed E-state index contributed by atoms with van der Waals surface area (Å²) in [5, 5.41) is 8.73. The zero-order valence-electron chi connectivity index (χ0n) is 9.39. The van der Waals surface area contributed by atoms with Crippen molar-refractivity contribution in [3.63, 3.8) is 0 Å². The minimum atomic E-state index is 0.234. The van der Waals surface area contributed by atoms with Gasteiger partial charge in [0.15, 0.2) is 0 Å². The third-order valence-electron chi connectivity index (χ3n) is 2.79. The molecule has 1 fully saturated rings. The first-order chi connectivity index (χ1) is 7.78. The van der Waals surface area contributed by atoms with E-state index in [2.05, 4.69) is 16.9 Å². The summed E-state index contributed by atoms with van der Waals surface area (Å²) < 4.78 is 5.76. The highest BCUT2D eigenvalue weighted by atomic mass is 16.5. The molecule has 0 N–H and O–H groups in total. The van der Waals surface area contributed by atoms with Gasteiger partial charge >= 0.3 is 0 Å². The molecule has 0 aliphatic carbocycles. The van der Waals surface area contributed by atoms with E-state index in [9.17, 15) is 0 Å². The third kappa shape index (κ3) is 2.71. The van der Waals surface area contributed by atoms with E-state index >= 15 is 0 Å². The summed E-state index contributed by atoms with van der Waals surface area (Å²) in [6.07, 6.45) is 2.28. The molecule has 1 aliphatic rings. The van der Waals surface area contributed by atoms with Crippen LogP contribution in [0.5, 0.6) is 5.88 Å². The summed E-state index contributed by atoms with van der Waals surface area (Å²) >= 11 is 0. The van der Waals surface area contributed by atoms with Gasteiger partial charge in [-0.15, -0.1) is 0 Å². The molecule has 1 aromatic heterocycles. The highest BCUT2D eigenvalue weighted by molar-refractivity contribution is 5.24. The molecule has 0 aromatic carbocycles. The van der Waals surface area contributed by atoms with E-state index in [1.165, 1.54) is 0 Å². The minimum absolute atomic E-state index is 0.234. The fourth-order valence-electron chi connectivity index (χ4n) is 1.82. The second-order valence-corrected chi connectivity index (χ2v) is 4.09. The van der Waals surface area contributed by atoms with Gasteiger partial charge in [0.1, 0.15) is 17.9 Å². The van der Waals surface area contributed by atoms with Crippen LogP contribution in [0.3, 0.4) is 0 Å². The molecule has 1 aliphatic heterocycles. The second kappa shape index (κ2) is 4.95. The molecule has 2 heterocycles. The standard InChI is InChI=1S/C12H15N3O/c1-15-7-5-11(6-8-15)16-12-4-2-3-10(9-13)14-12/h2-4,11H,5-8H2,1H3. The lowest BCUT2D eigenvalue weighted by Gasteiger charge is -2.28. The van der Waals surface area contributed by atoms with Gasteiger partial charge in [-0.1, -0.05) is 6.07 Å². The first-order valence-corrected chi connectivity index (χ1v) is 5.50. The van der Waals surface area contributed by atoms with Crippen LogP contribution in [-0.2, 0) is 0 Å². The average molecular weight is 217 g/mol. The van der Waals surface area contributed by atoms with Crippen LogP contribution in [0.1, 0.15) is 18.5 Å². The summed E-state index contributed by atoms with van der Waals surface area (Å²) in [5.74, 6) is 0.564. The quantitative estimate of drug-likeness (QED) is 0.752. The normalized spacial score (nSPS) is 18.0. The van der Waals surface area contributed by atoms with Gasteiger partial charge in [0, 0.05) is 19.2 Å². The van der Waals surface area contributed by atoms with E-state index in [0.29, 0.717) is 11.6 Å². The molecule has 4 nitrogen and oxygen atoms in total. The molecule has 1 aromatic rings. The molecule has 0 radical (unpaired) electrons. The zero-order valence-corrected chi connectivity index (χ0v) is 9.39. The number of likely N-dealkylation sites (tertiary alicyclic amines) is 1. The number of hydrogen-bond donors (Lipinski definition) is 0. The topological polar surface area (TPSA) is 49.1 Å². The van der Waals surface area contributed by atoms with Crippen molar-refractivity contribution in [1.29, 1.82) is 5.26 Å². The van der Waals surface area contributed by atoms with Crippen LogP contribution >= 0.6 is 0 Å². The number of piperidine rings is 1. The van der Waals surface area contributed by atoms with Gasteiger partial charge in [-0.2, -0.15) is 5.26 Å². The van der Waals surface area contributed by atoms with Crippen molar-refractivity contribution >= 4 is 0 Å². The van der Waals surface area contributed by atoms with E-state index in [0.717, 1.165) is 25.9 Å². The van der Waals surface area contributed by atoms with Crippen LogP contribution in [0, 0.1) is 11.3 Å². The van der Waals surface area contributed by atoms with Crippen molar-refractivity contribution in [1.82, 2.24) is 9.88 Å². The van der Waals surface area contributed by atoms with Crippen molar-refractivity contribution in [3.8, 4) is 11.9 Å². The predicted molar refractivity (Wildman–Crippen MR) is 60.1 cm³/mol. The lowest BCUT2D eigenvalue weighted by atomic mass is 10.1. The van der Waals surface area contributed by atoms with Gasteiger partial charge in [-0.3, -0.25) is 0 Å². The Hall–Kier alpha value is -1.60. The van der Waals surface area contributed by atoms with Crippen LogP contribution in [0.2, 0.25) is 0 Å². The maximum atomic E-state index is 8.73. The monoisotopic (exact) mass is 217 g/mol. The van der Waals surface area contributed by atoms with E-state index < -0.39 is 0 Å². The highest BCUT2D eigenvalue weighted by Gasteiger charge is 2.18. The molecular formula is C12H15N3O. The maximum absolute atomic E-state index is 8.73. The van der Waals surface area contributed by atoms with Crippen molar-refractivity contribution < 1.29 is 4.74 Å². The van der Waals surface area contributed by atoms with Crippen molar-refractivity contribution in [2.24, 2.45) is 0 Å². The number of rotatable bonds is 2. The number of pyridine rings is 1. The highest BCUT2D eigenvalue weighted by Crippen LogP contribution is 2.16. The lowest BCUT2D eigenvalue weighted by molar-refractivity contribution is 0.110. The third-order valence-corrected chi connectivity index (χ3v) is 2.79. The Morgan fingerprint density at radius 2 is 2.19 bits per heavy atom. The predicted octanol–water partition coefficient (Wildman–Crippen LogP) is 1.43. The average Bonchev–Trinajstić information content (AvgIpc) is 2.32. The van der Waals surface area contributed by atoms with E-state index in [1.807, 2.05) is 6.07 Å². The maximum Gasteiger partial charge on any atom is 0.214 e. The summed E-state index contributed by atoms with van der Waals surface area (Å²) in [7, 11) is 2.12. The number of ether oxygens (including phenoxy) is 1. The number of nitriles is 1. The fraction of sp³-hybridized carbons (Fsp3) is 0.500. The van der Waals surface area contributed by atoms with Crippen LogP contribution in [0.25, 0.3) is 0 Å². The summed E-state index contributed by atoms with van der Waals surface area (Å²) in [4.78, 5) is 6.40. The molecule has 4 heteroatoms. The number of aromatic nitrogens is 1. The first kappa shape index (κ1) is 10.9. The number of nitrogens with zero attached hydrogens (tertiary/aromatic N) is 3. The molecule has 2 rings (SSSR count). The summed E-state index contributed by atoms with van der Waals surface area (Å²) in [6, 6.07) is 7.30. The summed E-state index contributed by atoms with van der Waals surface area (Å²) in [5.41, 5.74) is 0.408. The molecule has 0 saturated carbocycles. The molecule has 1 saturated heterocycles. The van der Waals surface area contributed by atoms with E-state index in [-0.39, 0.29) is 6.10 Å². The van der Waals surface area contributed by atoms with Crippen LogP contribution in [0.15, 0.2) is 18.2 Å². The minimum Gasteiger partial charge on any atom is -0.474 e.